The number of thioether (sulfide) groups is 1. The smallest absolute Gasteiger partial charge is 0.459 e. The maximum atomic E-state index is 14.8. The molecule has 17 nitrogen and oxygen atoms in total. The van der Waals surface area contributed by atoms with E-state index in [4.69, 9.17) is 14.2 Å². The third-order valence-corrected chi connectivity index (χ3v) is 14.2. The number of rotatable bonds is 25. The average Bonchev–Trinajstić information content (AvgIpc) is 4.00. The van der Waals surface area contributed by atoms with Crippen LogP contribution in [0.25, 0.3) is 0 Å². The lowest BCUT2D eigenvalue weighted by atomic mass is 9.84. The van der Waals surface area contributed by atoms with E-state index in [-0.39, 0.29) is 35.0 Å². The molecule has 0 bridgehead atoms. The van der Waals surface area contributed by atoms with Gasteiger partial charge in [-0.05, 0) is 46.1 Å². The number of imidazole rings is 1. The van der Waals surface area contributed by atoms with Gasteiger partial charge in [-0.15, -0.1) is 11.8 Å². The van der Waals surface area contributed by atoms with Gasteiger partial charge in [0.1, 0.15) is 37.4 Å². The van der Waals surface area contributed by atoms with Gasteiger partial charge in [0.15, 0.2) is 0 Å². The first kappa shape index (κ1) is 60.1. The molecule has 5 unspecified atom stereocenters. The topological polar surface area (TPSA) is 228 Å². The molecule has 1 heterocycles. The number of nitrogens with zero attached hydrogens (tertiary/aromatic N) is 2. The molecule has 5 amide bonds. The number of esters is 1. The van der Waals surface area contributed by atoms with Crippen LogP contribution in [-0.4, -0.2) is 93.7 Å². The molecule has 0 radical (unpaired) electrons. The standard InChI is InChI=1S/C58H64F3N7O10S/c1-38(2)31-46(50(69)66-49(39(3)4)52(71)64-47(53(72)76-5)32-45-33-68(37-62-45)58(75,57(59,60)61)67-55(74)78-35-41-23-13-7-14-24-41)63-51(70)48(65-54(73)77-34-40-21-11-6-12-22-40)36-79-56(42-25-15-8-16-26-42,43-27-17-9-18-28-43)44-29-19-10-20-30-44/h6-30,33,37-39,46-49,75H,31-32,34-36H2,1-5H3,(H,63,70)(H,64,71)(H,65,73)(H,66,69)(H,67,74). The van der Waals surface area contributed by atoms with E-state index < -0.39 is 95.8 Å². The van der Waals surface area contributed by atoms with Crippen molar-refractivity contribution in [1.29, 1.82) is 0 Å². The zero-order chi connectivity index (χ0) is 57.2. The summed E-state index contributed by atoms with van der Waals surface area (Å²) < 4.78 is 58.0. The monoisotopic (exact) mass is 1110 g/mol. The van der Waals surface area contributed by atoms with Crippen molar-refractivity contribution in [1.82, 2.24) is 36.1 Å². The second-order valence-electron chi connectivity index (χ2n) is 19.2. The molecule has 5 aromatic carbocycles. The molecule has 21 heteroatoms. The van der Waals surface area contributed by atoms with E-state index in [0.29, 0.717) is 23.7 Å². The molecule has 1 aromatic heterocycles. The molecule has 6 rings (SSSR count). The Morgan fingerprint density at radius 2 is 1.06 bits per heavy atom. The van der Waals surface area contributed by atoms with E-state index in [1.807, 2.05) is 111 Å². The molecule has 0 spiro atoms. The third-order valence-electron chi connectivity index (χ3n) is 12.5. The van der Waals surface area contributed by atoms with Gasteiger partial charge in [-0.2, -0.15) is 13.2 Å². The maximum Gasteiger partial charge on any atom is 0.459 e. The third kappa shape index (κ3) is 16.2. The number of halogens is 3. The predicted molar refractivity (Wildman–Crippen MR) is 289 cm³/mol. The number of alkyl halides is 3. The molecule has 0 fully saturated rings. The minimum absolute atomic E-state index is 0.0432. The summed E-state index contributed by atoms with van der Waals surface area (Å²) in [5.74, 6) is -8.42. The molecular weight excluding hydrogens is 1040 g/mol. The van der Waals surface area contributed by atoms with Crippen molar-refractivity contribution in [2.75, 3.05) is 12.9 Å². The van der Waals surface area contributed by atoms with Crippen molar-refractivity contribution in [3.05, 3.63) is 198 Å². The summed E-state index contributed by atoms with van der Waals surface area (Å²) in [5, 5.41) is 23.1. The van der Waals surface area contributed by atoms with Crippen molar-refractivity contribution < 1.29 is 61.3 Å². The van der Waals surface area contributed by atoms with Crippen molar-refractivity contribution in [3.63, 3.8) is 0 Å². The van der Waals surface area contributed by atoms with Crippen molar-refractivity contribution in [2.24, 2.45) is 11.8 Å². The van der Waals surface area contributed by atoms with E-state index in [2.05, 4.69) is 26.3 Å². The molecule has 6 N–H and O–H groups in total. The van der Waals surface area contributed by atoms with Crippen molar-refractivity contribution in [2.45, 2.75) is 94.7 Å². The number of hydrogen-bond donors (Lipinski definition) is 6. The number of methoxy groups -OCH3 is 1. The van der Waals surface area contributed by atoms with Gasteiger partial charge in [0.05, 0.1) is 23.9 Å². The Bertz CT molecular complexity index is 2840. The fraction of sp³-hybridized carbons (Fsp3) is 0.328. The normalized spacial score (nSPS) is 13.9. The van der Waals surface area contributed by atoms with Gasteiger partial charge >= 0.3 is 30.2 Å². The number of benzene rings is 5. The molecule has 0 aliphatic rings. The zero-order valence-electron chi connectivity index (χ0n) is 44.1. The number of aromatic nitrogens is 2. The number of nitrogens with one attached hydrogen (secondary N) is 5. The molecule has 0 aliphatic heterocycles. The summed E-state index contributed by atoms with van der Waals surface area (Å²) in [7, 11) is 1.02. The minimum atomic E-state index is -5.52. The summed E-state index contributed by atoms with van der Waals surface area (Å²) in [6.07, 6.45) is -7.26. The molecule has 79 heavy (non-hydrogen) atoms. The van der Waals surface area contributed by atoms with Crippen LogP contribution in [0.1, 0.15) is 67.6 Å². The van der Waals surface area contributed by atoms with Crippen LogP contribution in [0, 0.1) is 11.8 Å². The number of carbonyl (C=O) groups is 6. The highest BCUT2D eigenvalue weighted by atomic mass is 32.2. The Labute approximate surface area is 460 Å². The molecule has 5 atom stereocenters. The largest absolute Gasteiger partial charge is 0.467 e. The fourth-order valence-electron chi connectivity index (χ4n) is 8.47. The highest BCUT2D eigenvalue weighted by Crippen LogP contribution is 2.48. The van der Waals surface area contributed by atoms with Crippen LogP contribution in [0.2, 0.25) is 0 Å². The minimum Gasteiger partial charge on any atom is -0.467 e. The van der Waals surface area contributed by atoms with E-state index in [0.717, 1.165) is 23.8 Å². The fourth-order valence-corrected chi connectivity index (χ4v) is 10.0. The second-order valence-corrected chi connectivity index (χ2v) is 20.4. The van der Waals surface area contributed by atoms with Crippen LogP contribution >= 0.6 is 11.8 Å². The second kappa shape index (κ2) is 27.9. The Hall–Kier alpha value is -8.17. The summed E-state index contributed by atoms with van der Waals surface area (Å²) in [5.41, 5.74) is 3.58. The number of alkyl carbamates (subject to hydrolysis) is 2. The molecule has 0 saturated heterocycles. The predicted octanol–water partition coefficient (Wildman–Crippen LogP) is 7.87. The number of aliphatic hydroxyl groups is 1. The van der Waals surface area contributed by atoms with Crippen LogP contribution in [0.3, 0.4) is 0 Å². The van der Waals surface area contributed by atoms with E-state index in [9.17, 15) is 47.0 Å². The van der Waals surface area contributed by atoms with Gasteiger partial charge in [0.25, 0.3) is 0 Å². The van der Waals surface area contributed by atoms with Gasteiger partial charge in [-0.1, -0.05) is 179 Å². The maximum absolute atomic E-state index is 14.8. The van der Waals surface area contributed by atoms with Crippen molar-refractivity contribution >= 4 is 47.6 Å². The Kier molecular flexibility index (Phi) is 21.2. The zero-order valence-corrected chi connectivity index (χ0v) is 45.0. The lowest BCUT2D eigenvalue weighted by Gasteiger charge is -2.36. The molecular formula is C58H64F3N7O10S. The van der Waals surface area contributed by atoms with Gasteiger partial charge in [0.2, 0.25) is 17.7 Å². The first-order chi connectivity index (χ1) is 37.7. The Balaban J connectivity index is 1.22. The summed E-state index contributed by atoms with van der Waals surface area (Å²) in [4.78, 5) is 86.7. The van der Waals surface area contributed by atoms with Gasteiger partial charge in [-0.3, -0.25) is 24.3 Å². The number of carbonyl (C=O) groups excluding carboxylic acids is 6. The van der Waals surface area contributed by atoms with E-state index in [1.54, 1.807) is 68.4 Å². The summed E-state index contributed by atoms with van der Waals surface area (Å²) >= 11 is 1.39. The van der Waals surface area contributed by atoms with Crippen LogP contribution < -0.4 is 26.6 Å². The van der Waals surface area contributed by atoms with Crippen LogP contribution in [0.15, 0.2) is 164 Å². The van der Waals surface area contributed by atoms with Crippen molar-refractivity contribution in [3.8, 4) is 0 Å². The first-order valence-electron chi connectivity index (χ1n) is 25.3. The number of amides is 5. The van der Waals surface area contributed by atoms with Gasteiger partial charge < -0.3 is 40.6 Å². The van der Waals surface area contributed by atoms with Gasteiger partial charge in [0, 0.05) is 18.4 Å². The summed E-state index contributed by atoms with van der Waals surface area (Å²) in [6, 6.07) is 40.6. The molecule has 418 valence electrons. The highest BCUT2D eigenvalue weighted by Gasteiger charge is 2.58. The molecule has 0 saturated carbocycles. The van der Waals surface area contributed by atoms with E-state index >= 15 is 0 Å². The lowest BCUT2D eigenvalue weighted by molar-refractivity contribution is -0.309. The number of ether oxygens (including phenoxy) is 3. The number of hydrogen-bond acceptors (Lipinski definition) is 12. The van der Waals surface area contributed by atoms with Gasteiger partial charge in [-0.25, -0.2) is 19.4 Å². The van der Waals surface area contributed by atoms with Crippen LogP contribution in [0.4, 0.5) is 22.8 Å². The molecule has 0 aliphatic carbocycles. The summed E-state index contributed by atoms with van der Waals surface area (Å²) in [6.45, 7) is 6.37. The Morgan fingerprint density at radius 3 is 1.52 bits per heavy atom. The van der Waals surface area contributed by atoms with Crippen LogP contribution in [-0.2, 0) is 63.6 Å². The Morgan fingerprint density at radius 1 is 0.608 bits per heavy atom. The first-order valence-corrected chi connectivity index (χ1v) is 26.3. The van der Waals surface area contributed by atoms with Crippen LogP contribution in [0.5, 0.6) is 0 Å². The lowest BCUT2D eigenvalue weighted by Crippen LogP contribution is -2.60. The average molecular weight is 1110 g/mol. The SMILES string of the molecule is COC(=O)C(Cc1cn(C(O)(NC(=O)OCc2ccccc2)C(F)(F)F)cn1)NC(=O)C(NC(=O)C(CC(C)C)NC(=O)C(CSC(c1ccccc1)(c1ccccc1)c1ccccc1)NC(=O)OCc1ccccc1)C(C)C. The highest BCUT2D eigenvalue weighted by molar-refractivity contribution is 8.00. The van der Waals surface area contributed by atoms with E-state index in [1.165, 1.54) is 17.1 Å². The molecule has 6 aromatic rings. The quantitative estimate of drug-likeness (QED) is 0.0139.